The minimum Gasteiger partial charge on any atom is -0.406 e. The summed E-state index contributed by atoms with van der Waals surface area (Å²) in [6.45, 7) is 0.223. The Morgan fingerprint density at radius 1 is 1.11 bits per heavy atom. The first-order valence-corrected chi connectivity index (χ1v) is 11.2. The number of amides is 3. The molecule has 12 heteroatoms. The van der Waals surface area contributed by atoms with E-state index in [0.29, 0.717) is 28.2 Å². The van der Waals surface area contributed by atoms with Gasteiger partial charge >= 0.3 is 6.36 Å². The van der Waals surface area contributed by atoms with E-state index < -0.39 is 24.1 Å². The second-order valence-corrected chi connectivity index (χ2v) is 8.93. The van der Waals surface area contributed by atoms with Crippen LogP contribution in [0.1, 0.15) is 28.8 Å². The summed E-state index contributed by atoms with van der Waals surface area (Å²) in [6.07, 6.45) is -2.65. The first-order valence-electron chi connectivity index (χ1n) is 10.9. The maximum atomic E-state index is 12.9. The SMILES string of the molecule is Cn1cc(-c2ccc3c(c2)CN(C2CCC(=O)NC2=O)C3=O)nc1-c1ccc(OC(F)(F)F)cc1Cl. The second-order valence-electron chi connectivity index (χ2n) is 8.52. The molecule has 1 fully saturated rings. The fraction of sp³-hybridized carbons (Fsp3) is 0.250. The van der Waals surface area contributed by atoms with E-state index in [2.05, 4.69) is 15.0 Å². The molecule has 1 unspecified atom stereocenters. The number of hydrogen-bond acceptors (Lipinski definition) is 5. The fourth-order valence-electron chi connectivity index (χ4n) is 4.46. The number of alkyl halides is 3. The van der Waals surface area contributed by atoms with Gasteiger partial charge in [0.25, 0.3) is 5.91 Å². The van der Waals surface area contributed by atoms with Crippen molar-refractivity contribution in [3.63, 3.8) is 0 Å². The topological polar surface area (TPSA) is 93.5 Å². The number of benzene rings is 2. The quantitative estimate of drug-likeness (QED) is 0.526. The number of rotatable bonds is 4. The van der Waals surface area contributed by atoms with Gasteiger partial charge in [-0.1, -0.05) is 17.7 Å². The van der Waals surface area contributed by atoms with E-state index in [1.54, 1.807) is 29.9 Å². The molecular formula is C24H18ClF3N4O4. The Labute approximate surface area is 207 Å². The van der Waals surface area contributed by atoms with Gasteiger partial charge in [-0.2, -0.15) is 0 Å². The van der Waals surface area contributed by atoms with Crippen LogP contribution < -0.4 is 10.1 Å². The number of aryl methyl sites for hydroxylation is 1. The van der Waals surface area contributed by atoms with Crippen LogP contribution in [0.3, 0.4) is 0 Å². The fourth-order valence-corrected chi connectivity index (χ4v) is 4.72. The van der Waals surface area contributed by atoms with E-state index in [0.717, 1.165) is 17.7 Å². The zero-order chi connectivity index (χ0) is 25.8. The van der Waals surface area contributed by atoms with Crippen LogP contribution in [-0.2, 0) is 23.2 Å². The summed E-state index contributed by atoms with van der Waals surface area (Å²) < 4.78 is 43.1. The van der Waals surface area contributed by atoms with Crippen molar-refractivity contribution in [3.05, 3.63) is 58.7 Å². The van der Waals surface area contributed by atoms with Crippen LogP contribution in [0.25, 0.3) is 22.6 Å². The molecule has 1 saturated heterocycles. The highest BCUT2D eigenvalue weighted by atomic mass is 35.5. The van der Waals surface area contributed by atoms with Crippen molar-refractivity contribution in [1.82, 2.24) is 19.8 Å². The number of halogens is 4. The molecule has 1 N–H and O–H groups in total. The lowest BCUT2D eigenvalue weighted by Crippen LogP contribution is -2.52. The highest BCUT2D eigenvalue weighted by molar-refractivity contribution is 6.33. The molecule has 3 amide bonds. The van der Waals surface area contributed by atoms with E-state index in [1.165, 1.54) is 11.0 Å². The number of hydrogen-bond donors (Lipinski definition) is 1. The van der Waals surface area contributed by atoms with Crippen LogP contribution in [0.2, 0.25) is 5.02 Å². The highest BCUT2D eigenvalue weighted by Gasteiger charge is 2.39. The van der Waals surface area contributed by atoms with Crippen molar-refractivity contribution in [3.8, 4) is 28.4 Å². The number of nitrogens with zero attached hydrogens (tertiary/aromatic N) is 3. The summed E-state index contributed by atoms with van der Waals surface area (Å²) in [5, 5.41) is 2.31. The number of piperidine rings is 1. The van der Waals surface area contributed by atoms with Crippen LogP contribution in [-0.4, -0.2) is 44.6 Å². The second kappa shape index (κ2) is 8.66. The third-order valence-electron chi connectivity index (χ3n) is 6.11. The molecule has 2 aromatic carbocycles. The average molecular weight is 519 g/mol. The first kappa shape index (κ1) is 23.9. The largest absolute Gasteiger partial charge is 0.573 e. The molecule has 2 aliphatic rings. The number of carbonyl (C=O) groups is 3. The third kappa shape index (κ3) is 4.41. The monoisotopic (exact) mass is 518 g/mol. The molecule has 2 aliphatic heterocycles. The van der Waals surface area contributed by atoms with Gasteiger partial charge < -0.3 is 14.2 Å². The Bertz CT molecular complexity index is 1420. The van der Waals surface area contributed by atoms with Gasteiger partial charge in [0.05, 0.1) is 10.7 Å². The molecule has 1 atom stereocenters. The van der Waals surface area contributed by atoms with Gasteiger partial charge in [0.15, 0.2) is 0 Å². The molecule has 3 aromatic rings. The average Bonchev–Trinajstić information content (AvgIpc) is 3.32. The van der Waals surface area contributed by atoms with Crippen LogP contribution in [0.4, 0.5) is 13.2 Å². The number of ether oxygens (including phenoxy) is 1. The summed E-state index contributed by atoms with van der Waals surface area (Å²) in [4.78, 5) is 42.7. The molecule has 0 spiro atoms. The summed E-state index contributed by atoms with van der Waals surface area (Å²) in [5.74, 6) is -1.12. The number of carbonyl (C=O) groups excluding carboxylic acids is 3. The molecule has 1 aromatic heterocycles. The maximum absolute atomic E-state index is 12.9. The molecule has 3 heterocycles. The van der Waals surface area contributed by atoms with Crippen molar-refractivity contribution in [2.45, 2.75) is 31.8 Å². The van der Waals surface area contributed by atoms with E-state index in [4.69, 9.17) is 11.6 Å². The third-order valence-corrected chi connectivity index (χ3v) is 6.42. The number of fused-ring (bicyclic) bond motifs is 1. The lowest BCUT2D eigenvalue weighted by atomic mass is 10.0. The zero-order valence-electron chi connectivity index (χ0n) is 18.7. The van der Waals surface area contributed by atoms with Crippen molar-refractivity contribution in [2.24, 2.45) is 7.05 Å². The van der Waals surface area contributed by atoms with Crippen LogP contribution >= 0.6 is 11.6 Å². The normalized spacial score (nSPS) is 17.9. The van der Waals surface area contributed by atoms with Gasteiger partial charge in [0.1, 0.15) is 17.6 Å². The summed E-state index contributed by atoms with van der Waals surface area (Å²) >= 11 is 6.23. The van der Waals surface area contributed by atoms with E-state index in [-0.39, 0.29) is 36.2 Å². The minimum atomic E-state index is -4.83. The number of imidazole rings is 1. The van der Waals surface area contributed by atoms with Gasteiger partial charge in [0, 0.05) is 42.9 Å². The molecular weight excluding hydrogens is 501 g/mol. The molecule has 0 saturated carbocycles. The lowest BCUT2D eigenvalue weighted by Gasteiger charge is -2.29. The summed E-state index contributed by atoms with van der Waals surface area (Å²) in [7, 11) is 1.73. The zero-order valence-corrected chi connectivity index (χ0v) is 19.5. The van der Waals surface area contributed by atoms with Gasteiger partial charge in [0.2, 0.25) is 11.8 Å². The predicted octanol–water partition coefficient (Wildman–Crippen LogP) is 4.07. The van der Waals surface area contributed by atoms with Gasteiger partial charge in [-0.3, -0.25) is 19.7 Å². The number of aromatic nitrogens is 2. The Morgan fingerprint density at radius 2 is 1.86 bits per heavy atom. The summed E-state index contributed by atoms with van der Waals surface area (Å²) in [5.41, 5.74) is 2.89. The predicted molar refractivity (Wildman–Crippen MR) is 122 cm³/mol. The number of imide groups is 1. The molecule has 0 radical (unpaired) electrons. The van der Waals surface area contributed by atoms with Gasteiger partial charge in [-0.25, -0.2) is 4.98 Å². The Morgan fingerprint density at radius 3 is 2.56 bits per heavy atom. The highest BCUT2D eigenvalue weighted by Crippen LogP contribution is 2.35. The van der Waals surface area contributed by atoms with Crippen molar-refractivity contribution >= 4 is 29.3 Å². The molecule has 5 rings (SSSR count). The van der Waals surface area contributed by atoms with Crippen LogP contribution in [0.15, 0.2) is 42.6 Å². The van der Waals surface area contributed by atoms with Crippen molar-refractivity contribution in [2.75, 3.05) is 0 Å². The van der Waals surface area contributed by atoms with Gasteiger partial charge in [-0.05, 0) is 42.3 Å². The molecule has 0 aliphatic carbocycles. The maximum Gasteiger partial charge on any atom is 0.573 e. The minimum absolute atomic E-state index is 0.0384. The molecule has 8 nitrogen and oxygen atoms in total. The van der Waals surface area contributed by atoms with Crippen molar-refractivity contribution in [1.29, 1.82) is 0 Å². The van der Waals surface area contributed by atoms with E-state index >= 15 is 0 Å². The standard InChI is InChI=1S/C24H18ClF3N4O4/c1-31-11-18(29-21(31)16-5-3-14(9-17(16)25)36-24(26,27)28)12-2-4-15-13(8-12)10-32(23(15)35)19-6-7-20(33)30-22(19)34/h2-5,8-9,11,19H,6-7,10H2,1H3,(H,30,33,34). The van der Waals surface area contributed by atoms with E-state index in [9.17, 15) is 27.6 Å². The summed E-state index contributed by atoms with van der Waals surface area (Å²) in [6, 6.07) is 8.14. The number of nitrogens with one attached hydrogen (secondary N) is 1. The Hall–Kier alpha value is -3.86. The van der Waals surface area contributed by atoms with Crippen molar-refractivity contribution < 1.29 is 32.3 Å². The Kier molecular flexibility index (Phi) is 5.74. The molecule has 186 valence electrons. The van der Waals surface area contributed by atoms with E-state index in [1.807, 2.05) is 6.07 Å². The smallest absolute Gasteiger partial charge is 0.406 e. The van der Waals surface area contributed by atoms with Crippen LogP contribution in [0, 0.1) is 0 Å². The van der Waals surface area contributed by atoms with Crippen LogP contribution in [0.5, 0.6) is 5.75 Å². The molecule has 36 heavy (non-hydrogen) atoms. The lowest BCUT2D eigenvalue weighted by molar-refractivity contribution is -0.274. The Balaban J connectivity index is 1.41. The first-order chi connectivity index (χ1) is 17.0. The molecule has 0 bridgehead atoms. The van der Waals surface area contributed by atoms with Gasteiger partial charge in [-0.15, -0.1) is 13.2 Å².